The average Bonchev–Trinajstić information content (AvgIpc) is 2.32. The third-order valence-electron chi connectivity index (χ3n) is 4.57. The Morgan fingerprint density at radius 3 is 2.22 bits per heavy atom. The zero-order valence-electron chi connectivity index (χ0n) is 13.1. The van der Waals surface area contributed by atoms with Crippen LogP contribution in [0.4, 0.5) is 0 Å². The van der Waals surface area contributed by atoms with E-state index < -0.39 is 0 Å². The van der Waals surface area contributed by atoms with Crippen LogP contribution in [0.1, 0.15) is 66.7 Å². The molecule has 0 spiro atoms. The zero-order chi connectivity index (χ0) is 13.5. The van der Waals surface area contributed by atoms with Gasteiger partial charge in [0.2, 0.25) is 0 Å². The van der Waals surface area contributed by atoms with Gasteiger partial charge in [0, 0.05) is 0 Å². The van der Waals surface area contributed by atoms with E-state index in [1.807, 2.05) is 0 Å². The van der Waals surface area contributed by atoms with Gasteiger partial charge in [0.1, 0.15) is 0 Å². The van der Waals surface area contributed by atoms with E-state index in [0.29, 0.717) is 5.92 Å². The monoisotopic (exact) mass is 248 g/mol. The third-order valence-corrected chi connectivity index (χ3v) is 4.57. The van der Waals surface area contributed by atoms with Crippen molar-refractivity contribution in [3.05, 3.63) is 23.8 Å². The molecule has 0 aromatic heterocycles. The molecule has 0 N–H and O–H groups in total. The van der Waals surface area contributed by atoms with Crippen LogP contribution in [-0.2, 0) is 0 Å². The molecule has 0 saturated heterocycles. The number of hydrogen-bond acceptors (Lipinski definition) is 0. The van der Waals surface area contributed by atoms with Gasteiger partial charge in [-0.2, -0.15) is 0 Å². The molecule has 0 aromatic carbocycles. The quantitative estimate of drug-likeness (QED) is 0.524. The predicted octanol–water partition coefficient (Wildman–Crippen LogP) is 6.00. The van der Waals surface area contributed by atoms with E-state index in [2.05, 4.69) is 52.8 Å². The number of rotatable bonds is 5. The summed E-state index contributed by atoms with van der Waals surface area (Å²) in [6, 6.07) is 0. The Kier molecular flexibility index (Phi) is 6.75. The van der Waals surface area contributed by atoms with Crippen LogP contribution in [0.2, 0.25) is 0 Å². The van der Waals surface area contributed by atoms with Gasteiger partial charge in [-0.3, -0.25) is 0 Å². The molecule has 0 radical (unpaired) electrons. The van der Waals surface area contributed by atoms with E-state index in [4.69, 9.17) is 0 Å². The highest BCUT2D eigenvalue weighted by Crippen LogP contribution is 2.33. The first-order chi connectivity index (χ1) is 8.52. The molecule has 1 atom stereocenters. The van der Waals surface area contributed by atoms with Crippen molar-refractivity contribution in [3.8, 4) is 0 Å². The topological polar surface area (TPSA) is 0 Å². The molecule has 0 heterocycles. The van der Waals surface area contributed by atoms with Crippen molar-refractivity contribution in [1.82, 2.24) is 0 Å². The summed E-state index contributed by atoms with van der Waals surface area (Å²) in [5.41, 5.74) is 1.57. The Hall–Kier alpha value is -0.520. The normalized spacial score (nSPS) is 28.0. The van der Waals surface area contributed by atoms with Gasteiger partial charge >= 0.3 is 0 Å². The molecule has 18 heavy (non-hydrogen) atoms. The van der Waals surface area contributed by atoms with E-state index >= 15 is 0 Å². The molecule has 1 fully saturated rings. The van der Waals surface area contributed by atoms with Crippen LogP contribution < -0.4 is 0 Å². The van der Waals surface area contributed by atoms with Gasteiger partial charge in [-0.15, -0.1) is 0 Å². The molecule has 1 aliphatic rings. The molecule has 0 aliphatic heterocycles. The summed E-state index contributed by atoms with van der Waals surface area (Å²) in [7, 11) is 0. The summed E-state index contributed by atoms with van der Waals surface area (Å²) >= 11 is 0. The first-order valence-corrected chi connectivity index (χ1v) is 7.86. The lowest BCUT2D eigenvalue weighted by Gasteiger charge is -2.27. The van der Waals surface area contributed by atoms with Crippen LogP contribution in [0.3, 0.4) is 0 Å². The van der Waals surface area contributed by atoms with Crippen molar-refractivity contribution < 1.29 is 0 Å². The van der Waals surface area contributed by atoms with Crippen molar-refractivity contribution in [2.45, 2.75) is 66.7 Å². The lowest BCUT2D eigenvalue weighted by molar-refractivity contribution is 0.289. The lowest BCUT2D eigenvalue weighted by atomic mass is 9.79. The first kappa shape index (κ1) is 15.5. The van der Waals surface area contributed by atoms with Gasteiger partial charge in [0.05, 0.1) is 0 Å². The highest BCUT2D eigenvalue weighted by atomic mass is 14.2. The minimum Gasteiger partial charge on any atom is -0.0874 e. The number of hydrogen-bond donors (Lipinski definition) is 0. The second-order valence-corrected chi connectivity index (χ2v) is 6.67. The summed E-state index contributed by atoms with van der Waals surface area (Å²) in [6.07, 6.45) is 14.1. The van der Waals surface area contributed by atoms with Crippen molar-refractivity contribution in [1.29, 1.82) is 0 Å². The zero-order valence-corrected chi connectivity index (χ0v) is 13.1. The minimum atomic E-state index is 0.693. The largest absolute Gasteiger partial charge is 0.0874 e. The molecular weight excluding hydrogens is 216 g/mol. The highest BCUT2D eigenvalue weighted by Gasteiger charge is 2.19. The van der Waals surface area contributed by atoms with Gasteiger partial charge in [-0.05, 0) is 49.9 Å². The van der Waals surface area contributed by atoms with Crippen molar-refractivity contribution in [2.24, 2.45) is 23.7 Å². The maximum absolute atomic E-state index is 2.50. The minimum absolute atomic E-state index is 0.693. The summed E-state index contributed by atoms with van der Waals surface area (Å²) in [4.78, 5) is 0. The first-order valence-electron chi connectivity index (χ1n) is 7.86. The Bertz CT molecular complexity index is 274. The fraction of sp³-hybridized carbons (Fsp3) is 0.778. The second-order valence-electron chi connectivity index (χ2n) is 6.67. The fourth-order valence-electron chi connectivity index (χ4n) is 2.80. The molecular formula is C18H32. The van der Waals surface area contributed by atoms with Crippen molar-refractivity contribution in [3.63, 3.8) is 0 Å². The Balaban J connectivity index is 2.57. The smallest absolute Gasteiger partial charge is 0.0233 e. The lowest BCUT2D eigenvalue weighted by Crippen LogP contribution is -2.13. The van der Waals surface area contributed by atoms with Gasteiger partial charge in [0.15, 0.2) is 0 Å². The molecule has 1 aliphatic carbocycles. The molecule has 1 rings (SSSR count). The summed E-state index contributed by atoms with van der Waals surface area (Å²) in [6.45, 7) is 11.5. The Morgan fingerprint density at radius 1 is 1.11 bits per heavy atom. The van der Waals surface area contributed by atoms with E-state index in [0.717, 1.165) is 17.8 Å². The van der Waals surface area contributed by atoms with Gasteiger partial charge in [-0.1, -0.05) is 64.3 Å². The van der Waals surface area contributed by atoms with Crippen molar-refractivity contribution >= 4 is 0 Å². The summed E-state index contributed by atoms with van der Waals surface area (Å²) in [5.74, 6) is 3.34. The molecule has 0 bridgehead atoms. The van der Waals surface area contributed by atoms with E-state index in [1.165, 1.54) is 32.1 Å². The second kappa shape index (κ2) is 7.81. The molecule has 104 valence electrons. The highest BCUT2D eigenvalue weighted by molar-refractivity contribution is 5.20. The van der Waals surface area contributed by atoms with Gasteiger partial charge in [-0.25, -0.2) is 0 Å². The standard InChI is InChI=1S/C18H32/c1-6-7-18(12-16(5)14(2)3)13-17-10-8-15(4)9-11-17/h6-7,12,14-17H,8-11,13H2,1-5H3. The maximum Gasteiger partial charge on any atom is -0.0233 e. The van der Waals surface area contributed by atoms with Crippen LogP contribution in [0.5, 0.6) is 0 Å². The summed E-state index contributed by atoms with van der Waals surface area (Å²) < 4.78 is 0. The van der Waals surface area contributed by atoms with E-state index in [9.17, 15) is 0 Å². The molecule has 0 aromatic rings. The van der Waals surface area contributed by atoms with Crippen LogP contribution in [0.25, 0.3) is 0 Å². The van der Waals surface area contributed by atoms with Gasteiger partial charge < -0.3 is 0 Å². The molecule has 1 saturated carbocycles. The van der Waals surface area contributed by atoms with E-state index in [1.54, 1.807) is 5.57 Å². The maximum atomic E-state index is 2.50. The van der Waals surface area contributed by atoms with Crippen molar-refractivity contribution in [2.75, 3.05) is 0 Å². The SMILES string of the molecule is CC=CC(=CC(C)C(C)C)CC1CCC(C)CC1. The van der Waals surface area contributed by atoms with Crippen LogP contribution in [0, 0.1) is 23.7 Å². The average molecular weight is 248 g/mol. The van der Waals surface area contributed by atoms with Crippen LogP contribution in [0.15, 0.2) is 23.8 Å². The van der Waals surface area contributed by atoms with E-state index in [-0.39, 0.29) is 0 Å². The molecule has 0 amide bonds. The molecule has 1 unspecified atom stereocenters. The fourth-order valence-corrected chi connectivity index (χ4v) is 2.80. The Morgan fingerprint density at radius 2 is 1.72 bits per heavy atom. The molecule has 0 nitrogen and oxygen atoms in total. The molecule has 0 heteroatoms. The van der Waals surface area contributed by atoms with Crippen LogP contribution in [-0.4, -0.2) is 0 Å². The summed E-state index contributed by atoms with van der Waals surface area (Å²) in [5, 5.41) is 0. The Labute approximate surface area is 115 Å². The third kappa shape index (κ3) is 5.42. The van der Waals surface area contributed by atoms with Crippen LogP contribution >= 0.6 is 0 Å². The van der Waals surface area contributed by atoms with Gasteiger partial charge in [0.25, 0.3) is 0 Å². The number of allylic oxidation sites excluding steroid dienone is 4. The predicted molar refractivity (Wildman–Crippen MR) is 82.6 cm³/mol.